The van der Waals surface area contributed by atoms with E-state index in [1.165, 1.54) is 10.6 Å². The zero-order chi connectivity index (χ0) is 17.6. The molecule has 1 unspecified atom stereocenters. The Balaban J connectivity index is 1.60. The SMILES string of the molecule is CS(=O)(=O)N1CC(C2CN(C(=O)c3ccncc3)c3ccccc32)C1. The summed E-state index contributed by atoms with van der Waals surface area (Å²) in [4.78, 5) is 18.7. The molecule has 3 heterocycles. The van der Waals surface area contributed by atoms with Crippen LogP contribution in [0.5, 0.6) is 0 Å². The summed E-state index contributed by atoms with van der Waals surface area (Å²) in [6.45, 7) is 1.63. The Hall–Kier alpha value is -2.25. The molecule has 1 saturated heterocycles. The minimum atomic E-state index is -3.13. The lowest BCUT2D eigenvalue weighted by molar-refractivity contribution is 0.0982. The van der Waals surface area contributed by atoms with Crippen LogP contribution < -0.4 is 4.90 Å². The highest BCUT2D eigenvalue weighted by atomic mass is 32.2. The molecule has 0 bridgehead atoms. The molecule has 2 aliphatic rings. The van der Waals surface area contributed by atoms with Crippen molar-refractivity contribution in [3.63, 3.8) is 0 Å². The zero-order valence-corrected chi connectivity index (χ0v) is 14.7. The first-order chi connectivity index (χ1) is 11.9. The van der Waals surface area contributed by atoms with Crippen LogP contribution in [0.15, 0.2) is 48.8 Å². The Morgan fingerprint density at radius 2 is 1.76 bits per heavy atom. The molecule has 1 amide bonds. The second-order valence-corrected chi connectivity index (χ2v) is 8.64. The maximum absolute atomic E-state index is 12.9. The van der Waals surface area contributed by atoms with E-state index in [9.17, 15) is 13.2 Å². The van der Waals surface area contributed by atoms with Crippen LogP contribution >= 0.6 is 0 Å². The second-order valence-electron chi connectivity index (χ2n) is 6.66. The largest absolute Gasteiger partial charge is 0.307 e. The van der Waals surface area contributed by atoms with Crippen LogP contribution in [0.2, 0.25) is 0 Å². The van der Waals surface area contributed by atoms with E-state index < -0.39 is 10.0 Å². The van der Waals surface area contributed by atoms with Crippen molar-refractivity contribution >= 4 is 21.6 Å². The summed E-state index contributed by atoms with van der Waals surface area (Å²) in [6, 6.07) is 11.3. The van der Waals surface area contributed by atoms with E-state index in [0.29, 0.717) is 25.2 Å². The number of carbonyl (C=O) groups is 1. The van der Waals surface area contributed by atoms with Crippen molar-refractivity contribution in [1.29, 1.82) is 0 Å². The van der Waals surface area contributed by atoms with E-state index in [2.05, 4.69) is 4.98 Å². The van der Waals surface area contributed by atoms with Gasteiger partial charge in [-0.05, 0) is 29.7 Å². The molecule has 130 valence electrons. The summed E-state index contributed by atoms with van der Waals surface area (Å²) in [7, 11) is -3.13. The highest BCUT2D eigenvalue weighted by Gasteiger charge is 2.44. The molecule has 2 aromatic rings. The monoisotopic (exact) mass is 357 g/mol. The number of rotatable bonds is 3. The summed E-state index contributed by atoms with van der Waals surface area (Å²) in [5, 5.41) is 0. The minimum Gasteiger partial charge on any atom is -0.307 e. The molecular formula is C18H19N3O3S. The smallest absolute Gasteiger partial charge is 0.258 e. The average molecular weight is 357 g/mol. The molecule has 1 atom stereocenters. The lowest BCUT2D eigenvalue weighted by Crippen LogP contribution is -2.52. The van der Waals surface area contributed by atoms with Gasteiger partial charge in [0.2, 0.25) is 10.0 Å². The number of fused-ring (bicyclic) bond motifs is 1. The van der Waals surface area contributed by atoms with Gasteiger partial charge in [0.1, 0.15) is 0 Å². The van der Waals surface area contributed by atoms with Gasteiger partial charge in [-0.15, -0.1) is 0 Å². The predicted octanol–water partition coefficient (Wildman–Crippen LogP) is 1.72. The Kier molecular flexibility index (Phi) is 3.85. The number of anilines is 1. The van der Waals surface area contributed by atoms with E-state index in [0.717, 1.165) is 11.3 Å². The fourth-order valence-corrected chi connectivity index (χ4v) is 4.61. The molecule has 0 saturated carbocycles. The van der Waals surface area contributed by atoms with Crippen LogP contribution in [0, 0.1) is 5.92 Å². The average Bonchev–Trinajstić information content (AvgIpc) is 2.92. The molecule has 0 aliphatic carbocycles. The van der Waals surface area contributed by atoms with Gasteiger partial charge in [0.25, 0.3) is 5.91 Å². The van der Waals surface area contributed by atoms with Crippen molar-refractivity contribution in [1.82, 2.24) is 9.29 Å². The summed E-state index contributed by atoms with van der Waals surface area (Å²) >= 11 is 0. The summed E-state index contributed by atoms with van der Waals surface area (Å²) in [5.74, 6) is 0.364. The van der Waals surface area contributed by atoms with Crippen molar-refractivity contribution in [2.75, 3.05) is 30.8 Å². The lowest BCUT2D eigenvalue weighted by Gasteiger charge is -2.40. The molecule has 0 spiro atoms. The van der Waals surface area contributed by atoms with Gasteiger partial charge < -0.3 is 4.90 Å². The molecule has 0 radical (unpaired) electrons. The highest BCUT2D eigenvalue weighted by molar-refractivity contribution is 7.88. The topological polar surface area (TPSA) is 70.6 Å². The number of para-hydroxylation sites is 1. The van der Waals surface area contributed by atoms with Gasteiger partial charge in [-0.2, -0.15) is 0 Å². The van der Waals surface area contributed by atoms with Crippen molar-refractivity contribution in [2.45, 2.75) is 5.92 Å². The maximum atomic E-state index is 12.9. The second kappa shape index (κ2) is 5.93. The molecule has 1 aromatic heterocycles. The highest BCUT2D eigenvalue weighted by Crippen LogP contribution is 2.44. The third-order valence-corrected chi connectivity index (χ3v) is 6.33. The van der Waals surface area contributed by atoms with E-state index in [1.54, 1.807) is 29.4 Å². The van der Waals surface area contributed by atoms with Crippen LogP contribution in [0.3, 0.4) is 0 Å². The van der Waals surface area contributed by atoms with Crippen LogP contribution in [-0.4, -0.2) is 49.5 Å². The fourth-order valence-electron chi connectivity index (χ4n) is 3.68. The van der Waals surface area contributed by atoms with Gasteiger partial charge in [0.15, 0.2) is 0 Å². The molecule has 0 N–H and O–H groups in total. The van der Waals surface area contributed by atoms with Gasteiger partial charge in [-0.25, -0.2) is 12.7 Å². The summed E-state index contributed by atoms with van der Waals surface area (Å²) < 4.78 is 24.8. The number of amides is 1. The van der Waals surface area contributed by atoms with Crippen LogP contribution in [0.25, 0.3) is 0 Å². The normalized spacial score (nSPS) is 21.0. The molecular weight excluding hydrogens is 338 g/mol. The standard InChI is InChI=1S/C18H19N3O3S/c1-25(23,24)20-10-14(11-20)16-12-21(17-5-3-2-4-15(16)17)18(22)13-6-8-19-9-7-13/h2-9,14,16H,10-12H2,1H3. The quantitative estimate of drug-likeness (QED) is 0.839. The van der Waals surface area contributed by atoms with Crippen LogP contribution in [-0.2, 0) is 10.0 Å². The van der Waals surface area contributed by atoms with Gasteiger partial charge >= 0.3 is 0 Å². The Morgan fingerprint density at radius 3 is 2.44 bits per heavy atom. The van der Waals surface area contributed by atoms with Crippen molar-refractivity contribution in [2.24, 2.45) is 5.92 Å². The Morgan fingerprint density at radius 1 is 1.08 bits per heavy atom. The Labute approximate surface area is 147 Å². The molecule has 1 aromatic carbocycles. The predicted molar refractivity (Wildman–Crippen MR) is 95.0 cm³/mol. The fraction of sp³-hybridized carbons (Fsp3) is 0.333. The van der Waals surface area contributed by atoms with Crippen molar-refractivity contribution in [3.05, 3.63) is 59.9 Å². The number of hydrogen-bond acceptors (Lipinski definition) is 4. The first-order valence-corrected chi connectivity index (χ1v) is 10.1. The molecule has 4 rings (SSSR count). The molecule has 2 aliphatic heterocycles. The Bertz CT molecular complexity index is 908. The number of benzene rings is 1. The first-order valence-electron chi connectivity index (χ1n) is 8.21. The van der Waals surface area contributed by atoms with Gasteiger partial charge in [0, 0.05) is 49.2 Å². The molecule has 25 heavy (non-hydrogen) atoms. The van der Waals surface area contributed by atoms with E-state index in [4.69, 9.17) is 0 Å². The molecule has 7 heteroatoms. The summed E-state index contributed by atoms with van der Waals surface area (Å²) in [6.07, 6.45) is 4.47. The number of sulfonamides is 1. The van der Waals surface area contributed by atoms with Gasteiger partial charge in [0.05, 0.1) is 6.26 Å². The molecule has 6 nitrogen and oxygen atoms in total. The maximum Gasteiger partial charge on any atom is 0.258 e. The first kappa shape index (κ1) is 16.2. The van der Waals surface area contributed by atoms with Crippen LogP contribution in [0.4, 0.5) is 5.69 Å². The van der Waals surface area contributed by atoms with E-state index in [-0.39, 0.29) is 17.7 Å². The van der Waals surface area contributed by atoms with Crippen molar-refractivity contribution < 1.29 is 13.2 Å². The number of hydrogen-bond donors (Lipinski definition) is 0. The summed E-state index contributed by atoms with van der Waals surface area (Å²) in [5.41, 5.74) is 2.66. The van der Waals surface area contributed by atoms with Crippen molar-refractivity contribution in [3.8, 4) is 0 Å². The zero-order valence-electron chi connectivity index (χ0n) is 13.9. The van der Waals surface area contributed by atoms with Gasteiger partial charge in [-0.3, -0.25) is 9.78 Å². The van der Waals surface area contributed by atoms with E-state index in [1.807, 2.05) is 24.3 Å². The minimum absolute atomic E-state index is 0.0448. The lowest BCUT2D eigenvalue weighted by atomic mass is 9.84. The van der Waals surface area contributed by atoms with E-state index >= 15 is 0 Å². The van der Waals surface area contributed by atoms with Crippen LogP contribution in [0.1, 0.15) is 21.8 Å². The number of carbonyl (C=O) groups excluding carboxylic acids is 1. The number of nitrogens with zero attached hydrogens (tertiary/aromatic N) is 3. The third kappa shape index (κ3) is 2.83. The third-order valence-electron chi connectivity index (χ3n) is 5.09. The molecule has 1 fully saturated rings. The van der Waals surface area contributed by atoms with Gasteiger partial charge in [-0.1, -0.05) is 18.2 Å². The number of aromatic nitrogens is 1. The number of pyridine rings is 1.